The van der Waals surface area contributed by atoms with Gasteiger partial charge < -0.3 is 4.42 Å². The summed E-state index contributed by atoms with van der Waals surface area (Å²) in [5.74, 6) is 0.234. The Morgan fingerprint density at radius 1 is 0.933 bits per heavy atom. The Kier molecular flexibility index (Phi) is 4.07. The summed E-state index contributed by atoms with van der Waals surface area (Å²) in [4.78, 5) is 33.1. The van der Waals surface area contributed by atoms with Crippen LogP contribution in [-0.4, -0.2) is 10.9 Å². The topological polar surface area (TPSA) is 63.4 Å². The fourth-order valence-electron chi connectivity index (χ4n) is 4.07. The maximum absolute atomic E-state index is 13.6. The molecule has 0 bridgehead atoms. The Bertz CT molecular complexity index is 1370. The first kappa shape index (κ1) is 18.3. The number of anilines is 1. The monoisotopic (exact) mass is 396 g/mol. The van der Waals surface area contributed by atoms with E-state index in [1.54, 1.807) is 11.1 Å². The second-order valence-corrected chi connectivity index (χ2v) is 7.79. The second-order valence-electron chi connectivity index (χ2n) is 7.79. The Morgan fingerprint density at radius 3 is 2.40 bits per heavy atom. The molecule has 5 nitrogen and oxygen atoms in total. The van der Waals surface area contributed by atoms with Crippen LogP contribution < -0.4 is 10.3 Å². The lowest BCUT2D eigenvalue weighted by Gasteiger charge is -2.24. The van der Waals surface area contributed by atoms with E-state index in [4.69, 9.17) is 4.42 Å². The second kappa shape index (κ2) is 6.66. The van der Waals surface area contributed by atoms with Crippen molar-refractivity contribution in [3.05, 3.63) is 105 Å². The van der Waals surface area contributed by atoms with Gasteiger partial charge in [-0.3, -0.25) is 14.5 Å². The number of fused-ring (bicyclic) bond motifs is 2. The van der Waals surface area contributed by atoms with E-state index < -0.39 is 6.04 Å². The summed E-state index contributed by atoms with van der Waals surface area (Å²) in [6.07, 6.45) is 1.67. The zero-order chi connectivity index (χ0) is 21.0. The summed E-state index contributed by atoms with van der Waals surface area (Å²) in [5, 5.41) is 0.490. The first-order chi connectivity index (χ1) is 14.5. The number of hydrogen-bond donors (Lipinski definition) is 0. The molecular weight excluding hydrogens is 376 g/mol. The van der Waals surface area contributed by atoms with Gasteiger partial charge in [-0.1, -0.05) is 30.3 Å². The van der Waals surface area contributed by atoms with Crippen molar-refractivity contribution >= 4 is 22.7 Å². The van der Waals surface area contributed by atoms with Crippen molar-refractivity contribution < 1.29 is 9.21 Å². The fourth-order valence-corrected chi connectivity index (χ4v) is 4.07. The molecule has 0 saturated heterocycles. The first-order valence-electron chi connectivity index (χ1n) is 9.85. The van der Waals surface area contributed by atoms with Crippen LogP contribution in [0.15, 0.2) is 70.0 Å². The highest BCUT2D eigenvalue weighted by Crippen LogP contribution is 2.40. The molecule has 0 unspecified atom stereocenters. The lowest BCUT2D eigenvalue weighted by Crippen LogP contribution is -2.30. The van der Waals surface area contributed by atoms with Gasteiger partial charge in [0.05, 0.1) is 17.0 Å². The van der Waals surface area contributed by atoms with Gasteiger partial charge in [-0.25, -0.2) is 4.98 Å². The molecule has 4 aromatic rings. The summed E-state index contributed by atoms with van der Waals surface area (Å²) < 4.78 is 6.05. The van der Waals surface area contributed by atoms with Crippen molar-refractivity contribution in [2.24, 2.45) is 0 Å². The SMILES string of the molecule is Cc1ccnc(N2C(=O)c3oc4cc(C)c(C)cc4c(=O)c3[C@H]2c2ccccc2)c1. The average Bonchev–Trinajstić information content (AvgIpc) is 3.03. The third-order valence-electron chi connectivity index (χ3n) is 5.75. The van der Waals surface area contributed by atoms with Crippen LogP contribution in [0.25, 0.3) is 11.0 Å². The number of hydrogen-bond acceptors (Lipinski definition) is 4. The first-order valence-corrected chi connectivity index (χ1v) is 9.85. The van der Waals surface area contributed by atoms with Crippen LogP contribution in [0.1, 0.15) is 44.4 Å². The molecule has 1 aliphatic rings. The highest BCUT2D eigenvalue weighted by molar-refractivity contribution is 6.10. The highest BCUT2D eigenvalue weighted by atomic mass is 16.3. The number of pyridine rings is 1. The van der Waals surface area contributed by atoms with Crippen LogP contribution in [0.2, 0.25) is 0 Å². The maximum Gasteiger partial charge on any atom is 0.296 e. The molecule has 0 aliphatic carbocycles. The van der Waals surface area contributed by atoms with E-state index in [0.29, 0.717) is 22.4 Å². The van der Waals surface area contributed by atoms with Crippen LogP contribution in [0, 0.1) is 20.8 Å². The molecule has 2 aromatic carbocycles. The molecule has 0 fully saturated rings. The molecule has 5 rings (SSSR count). The van der Waals surface area contributed by atoms with Gasteiger partial charge in [-0.2, -0.15) is 0 Å². The quantitative estimate of drug-likeness (QED) is 0.485. The molecule has 1 atom stereocenters. The maximum atomic E-state index is 13.6. The standard InChI is InChI=1S/C25H20N2O3/c1-14-9-10-26-20(11-14)27-22(17-7-5-4-6-8-17)21-23(28)18-12-15(2)16(3)13-19(18)30-24(21)25(27)29/h4-13,22H,1-3H3/t22-/m1/s1. The summed E-state index contributed by atoms with van der Waals surface area (Å²) in [6.45, 7) is 5.86. The van der Waals surface area contributed by atoms with Gasteiger partial charge in [0.2, 0.25) is 5.76 Å². The Morgan fingerprint density at radius 2 is 1.67 bits per heavy atom. The van der Waals surface area contributed by atoms with Gasteiger partial charge in [-0.05, 0) is 67.3 Å². The molecular formula is C25H20N2O3. The van der Waals surface area contributed by atoms with E-state index in [0.717, 1.165) is 22.3 Å². The predicted octanol–water partition coefficient (Wildman–Crippen LogP) is 4.86. The van der Waals surface area contributed by atoms with E-state index in [1.807, 2.05) is 75.4 Å². The number of aryl methyl sites for hydroxylation is 3. The number of aromatic nitrogens is 1. The van der Waals surface area contributed by atoms with E-state index in [2.05, 4.69) is 4.98 Å². The van der Waals surface area contributed by atoms with Crippen LogP contribution in [0.3, 0.4) is 0 Å². The lowest BCUT2D eigenvalue weighted by molar-refractivity contribution is 0.0970. The third-order valence-corrected chi connectivity index (χ3v) is 5.75. The summed E-state index contributed by atoms with van der Waals surface area (Å²) in [5.41, 5.74) is 4.45. The molecule has 1 aliphatic heterocycles. The predicted molar refractivity (Wildman–Crippen MR) is 116 cm³/mol. The van der Waals surface area contributed by atoms with Crippen molar-refractivity contribution in [1.29, 1.82) is 0 Å². The molecule has 30 heavy (non-hydrogen) atoms. The van der Waals surface area contributed by atoms with Crippen molar-refractivity contribution in [3.63, 3.8) is 0 Å². The third kappa shape index (κ3) is 2.66. The number of amides is 1. The van der Waals surface area contributed by atoms with Crippen molar-refractivity contribution in [1.82, 2.24) is 4.98 Å². The fraction of sp³-hybridized carbons (Fsp3) is 0.160. The van der Waals surface area contributed by atoms with E-state index in [-0.39, 0.29) is 17.1 Å². The van der Waals surface area contributed by atoms with Gasteiger partial charge in [0.15, 0.2) is 5.43 Å². The van der Waals surface area contributed by atoms with Crippen LogP contribution in [0.4, 0.5) is 5.82 Å². The summed E-state index contributed by atoms with van der Waals surface area (Å²) in [7, 11) is 0. The number of rotatable bonds is 2. The molecule has 0 N–H and O–H groups in total. The summed E-state index contributed by atoms with van der Waals surface area (Å²) >= 11 is 0. The zero-order valence-corrected chi connectivity index (χ0v) is 17.0. The minimum Gasteiger partial charge on any atom is -0.450 e. The molecule has 1 amide bonds. The molecule has 3 heterocycles. The molecule has 2 aromatic heterocycles. The smallest absolute Gasteiger partial charge is 0.296 e. The van der Waals surface area contributed by atoms with Gasteiger partial charge in [-0.15, -0.1) is 0 Å². The normalized spacial score (nSPS) is 15.6. The van der Waals surface area contributed by atoms with Gasteiger partial charge in [0.25, 0.3) is 5.91 Å². The number of carbonyl (C=O) groups is 1. The average molecular weight is 396 g/mol. The largest absolute Gasteiger partial charge is 0.450 e. The van der Waals surface area contributed by atoms with Crippen LogP contribution in [-0.2, 0) is 0 Å². The van der Waals surface area contributed by atoms with Crippen molar-refractivity contribution in [3.8, 4) is 0 Å². The zero-order valence-electron chi connectivity index (χ0n) is 17.0. The van der Waals surface area contributed by atoms with Crippen LogP contribution >= 0.6 is 0 Å². The Labute approximate surface area is 173 Å². The minimum absolute atomic E-state index is 0.0907. The van der Waals surface area contributed by atoms with Gasteiger partial charge in [0.1, 0.15) is 11.4 Å². The van der Waals surface area contributed by atoms with E-state index in [1.165, 1.54) is 0 Å². The van der Waals surface area contributed by atoms with Crippen LogP contribution in [0.5, 0.6) is 0 Å². The van der Waals surface area contributed by atoms with Gasteiger partial charge in [0, 0.05) is 6.20 Å². The number of benzene rings is 2. The lowest BCUT2D eigenvalue weighted by atomic mass is 9.97. The molecule has 0 radical (unpaired) electrons. The molecule has 148 valence electrons. The van der Waals surface area contributed by atoms with Gasteiger partial charge >= 0.3 is 0 Å². The Hall–Kier alpha value is -3.73. The number of nitrogens with zero attached hydrogens (tertiary/aromatic N) is 2. The van der Waals surface area contributed by atoms with Crippen molar-refractivity contribution in [2.45, 2.75) is 26.8 Å². The molecule has 0 saturated carbocycles. The number of carbonyl (C=O) groups excluding carboxylic acids is 1. The van der Waals surface area contributed by atoms with E-state index in [9.17, 15) is 9.59 Å². The minimum atomic E-state index is -0.592. The molecule has 0 spiro atoms. The highest BCUT2D eigenvalue weighted by Gasteiger charge is 2.44. The molecule has 5 heteroatoms. The Balaban J connectivity index is 1.84. The van der Waals surface area contributed by atoms with E-state index >= 15 is 0 Å². The summed E-state index contributed by atoms with van der Waals surface area (Å²) in [6, 6.07) is 16.3. The van der Waals surface area contributed by atoms with Crippen molar-refractivity contribution in [2.75, 3.05) is 4.90 Å².